The Morgan fingerprint density at radius 2 is 2.26 bits per heavy atom. The monoisotopic (exact) mass is 314 g/mol. The third-order valence-electron chi connectivity index (χ3n) is 4.28. The molecule has 1 aromatic carbocycles. The number of piperazine rings is 1. The van der Waals surface area contributed by atoms with Gasteiger partial charge >= 0.3 is 5.97 Å². The molecule has 0 radical (unpaired) electrons. The minimum atomic E-state index is -0.789. The predicted molar refractivity (Wildman–Crippen MR) is 87.7 cm³/mol. The number of benzene rings is 1. The van der Waals surface area contributed by atoms with Crippen LogP contribution in [0.4, 0.5) is 0 Å². The molecule has 1 fully saturated rings. The normalized spacial score (nSPS) is 19.0. The summed E-state index contributed by atoms with van der Waals surface area (Å²) < 4.78 is 1.88. The van der Waals surface area contributed by atoms with Crippen LogP contribution >= 0.6 is 0 Å². The number of hydrogen-bond acceptors (Lipinski definition) is 4. The molecule has 23 heavy (non-hydrogen) atoms. The number of carboxylic acids is 1. The van der Waals surface area contributed by atoms with E-state index in [9.17, 15) is 9.90 Å². The summed E-state index contributed by atoms with van der Waals surface area (Å²) in [4.78, 5) is 13.4. The van der Waals surface area contributed by atoms with E-state index in [1.165, 1.54) is 16.7 Å². The van der Waals surface area contributed by atoms with Gasteiger partial charge in [0.1, 0.15) is 6.04 Å². The molecule has 3 rings (SSSR count). The lowest BCUT2D eigenvalue weighted by atomic mass is 10.0. The Hall–Kier alpha value is -2.18. The summed E-state index contributed by atoms with van der Waals surface area (Å²) in [5, 5.41) is 16.6. The standard InChI is InChI=1S/C17H22N4O2/c1-12-8-13(2)14(16(9-12)21-6-3-4-19-21)10-20-7-5-18-15(11-20)17(22)23/h3-4,6,8-9,15,18H,5,7,10-11H2,1-2H3,(H,22,23). The summed E-state index contributed by atoms with van der Waals surface area (Å²) >= 11 is 0. The summed E-state index contributed by atoms with van der Waals surface area (Å²) in [5.74, 6) is -0.789. The number of aryl methyl sites for hydroxylation is 2. The lowest BCUT2D eigenvalue weighted by Crippen LogP contribution is -2.53. The molecule has 2 N–H and O–H groups in total. The van der Waals surface area contributed by atoms with Crippen LogP contribution in [0.5, 0.6) is 0 Å². The Balaban J connectivity index is 1.89. The van der Waals surface area contributed by atoms with Crippen LogP contribution in [-0.4, -0.2) is 51.4 Å². The van der Waals surface area contributed by atoms with Crippen molar-refractivity contribution in [3.63, 3.8) is 0 Å². The van der Waals surface area contributed by atoms with Gasteiger partial charge in [-0.1, -0.05) is 6.07 Å². The van der Waals surface area contributed by atoms with Crippen LogP contribution in [-0.2, 0) is 11.3 Å². The largest absolute Gasteiger partial charge is 0.480 e. The highest BCUT2D eigenvalue weighted by Crippen LogP contribution is 2.23. The predicted octanol–water partition coefficient (Wildman–Crippen LogP) is 1.35. The molecule has 2 aromatic rings. The second-order valence-electron chi connectivity index (χ2n) is 6.11. The lowest BCUT2D eigenvalue weighted by Gasteiger charge is -2.32. The van der Waals surface area contributed by atoms with Crippen molar-refractivity contribution in [2.45, 2.75) is 26.4 Å². The smallest absolute Gasteiger partial charge is 0.322 e. The number of nitrogens with zero attached hydrogens (tertiary/aromatic N) is 3. The Labute approximate surface area is 135 Å². The number of carbonyl (C=O) groups is 1. The van der Waals surface area contributed by atoms with Crippen molar-refractivity contribution in [2.75, 3.05) is 19.6 Å². The third-order valence-corrected chi connectivity index (χ3v) is 4.28. The average molecular weight is 314 g/mol. The molecule has 0 spiro atoms. The summed E-state index contributed by atoms with van der Waals surface area (Å²) in [6.45, 7) is 6.96. The summed E-state index contributed by atoms with van der Waals surface area (Å²) in [5.41, 5.74) is 4.67. The Morgan fingerprint density at radius 3 is 2.96 bits per heavy atom. The Morgan fingerprint density at radius 1 is 1.43 bits per heavy atom. The topological polar surface area (TPSA) is 70.4 Å². The van der Waals surface area contributed by atoms with Gasteiger partial charge in [0.05, 0.1) is 5.69 Å². The van der Waals surface area contributed by atoms with Crippen molar-refractivity contribution in [3.8, 4) is 5.69 Å². The summed E-state index contributed by atoms with van der Waals surface area (Å²) in [7, 11) is 0. The van der Waals surface area contributed by atoms with E-state index < -0.39 is 12.0 Å². The Bertz CT molecular complexity index is 697. The zero-order valence-corrected chi connectivity index (χ0v) is 13.5. The van der Waals surface area contributed by atoms with Crippen LogP contribution < -0.4 is 5.32 Å². The van der Waals surface area contributed by atoms with Gasteiger partial charge < -0.3 is 10.4 Å². The first-order valence-corrected chi connectivity index (χ1v) is 7.83. The van der Waals surface area contributed by atoms with Gasteiger partial charge in [-0.05, 0) is 42.7 Å². The van der Waals surface area contributed by atoms with Crippen LogP contribution in [0, 0.1) is 13.8 Å². The summed E-state index contributed by atoms with van der Waals surface area (Å²) in [6, 6.07) is 5.71. The Kier molecular flexibility index (Phi) is 4.45. The van der Waals surface area contributed by atoms with Crippen LogP contribution in [0.2, 0.25) is 0 Å². The van der Waals surface area contributed by atoms with Crippen LogP contribution in [0.25, 0.3) is 5.69 Å². The molecule has 1 aliphatic rings. The van der Waals surface area contributed by atoms with E-state index in [0.29, 0.717) is 13.1 Å². The van der Waals surface area contributed by atoms with Gasteiger partial charge in [0.2, 0.25) is 0 Å². The molecule has 0 aliphatic carbocycles. The number of aromatic nitrogens is 2. The molecular weight excluding hydrogens is 292 g/mol. The molecule has 0 amide bonds. The zero-order valence-electron chi connectivity index (χ0n) is 13.5. The molecular formula is C17H22N4O2. The van der Waals surface area contributed by atoms with Crippen molar-refractivity contribution in [1.82, 2.24) is 20.0 Å². The minimum absolute atomic E-state index is 0.498. The molecule has 6 nitrogen and oxygen atoms in total. The van der Waals surface area contributed by atoms with Crippen molar-refractivity contribution in [3.05, 3.63) is 47.3 Å². The van der Waals surface area contributed by atoms with Gasteiger partial charge in [-0.25, -0.2) is 4.68 Å². The van der Waals surface area contributed by atoms with Crippen molar-refractivity contribution in [2.24, 2.45) is 0 Å². The average Bonchev–Trinajstić information content (AvgIpc) is 3.04. The minimum Gasteiger partial charge on any atom is -0.480 e. The maximum atomic E-state index is 11.2. The first-order chi connectivity index (χ1) is 11.0. The fraction of sp³-hybridized carbons (Fsp3) is 0.412. The number of nitrogens with one attached hydrogen (secondary N) is 1. The second-order valence-corrected chi connectivity index (χ2v) is 6.11. The van der Waals surface area contributed by atoms with Crippen molar-refractivity contribution in [1.29, 1.82) is 0 Å². The maximum Gasteiger partial charge on any atom is 0.322 e. The summed E-state index contributed by atoms with van der Waals surface area (Å²) in [6.07, 6.45) is 3.71. The van der Waals surface area contributed by atoms with Gasteiger partial charge in [0, 0.05) is 38.6 Å². The van der Waals surface area contributed by atoms with E-state index >= 15 is 0 Å². The molecule has 122 valence electrons. The highest BCUT2D eigenvalue weighted by Gasteiger charge is 2.25. The molecule has 1 unspecified atom stereocenters. The molecule has 0 saturated carbocycles. The van der Waals surface area contributed by atoms with E-state index in [1.54, 1.807) is 6.20 Å². The van der Waals surface area contributed by atoms with E-state index in [1.807, 2.05) is 16.9 Å². The number of rotatable bonds is 4. The van der Waals surface area contributed by atoms with E-state index in [0.717, 1.165) is 18.8 Å². The fourth-order valence-corrected chi connectivity index (χ4v) is 3.14. The molecule has 1 aromatic heterocycles. The second kappa shape index (κ2) is 6.52. The fourth-order valence-electron chi connectivity index (χ4n) is 3.14. The molecule has 2 heterocycles. The van der Waals surface area contributed by atoms with Crippen LogP contribution in [0.3, 0.4) is 0 Å². The lowest BCUT2D eigenvalue weighted by molar-refractivity contribution is -0.140. The number of aliphatic carboxylic acids is 1. The molecule has 6 heteroatoms. The van der Waals surface area contributed by atoms with E-state index in [2.05, 4.69) is 41.3 Å². The van der Waals surface area contributed by atoms with E-state index in [-0.39, 0.29) is 0 Å². The number of carboxylic acid groups (broad SMARTS) is 1. The van der Waals surface area contributed by atoms with Gasteiger partial charge in [0.25, 0.3) is 0 Å². The van der Waals surface area contributed by atoms with Crippen molar-refractivity contribution >= 4 is 5.97 Å². The SMILES string of the molecule is Cc1cc(C)c(CN2CCNC(C(=O)O)C2)c(-n2cccn2)c1. The van der Waals surface area contributed by atoms with Crippen LogP contribution in [0.1, 0.15) is 16.7 Å². The van der Waals surface area contributed by atoms with Gasteiger partial charge in [-0.3, -0.25) is 9.69 Å². The molecule has 1 aliphatic heterocycles. The molecule has 0 bridgehead atoms. The zero-order chi connectivity index (χ0) is 16.4. The van der Waals surface area contributed by atoms with Gasteiger partial charge in [-0.15, -0.1) is 0 Å². The molecule has 1 atom stereocenters. The maximum absolute atomic E-state index is 11.2. The van der Waals surface area contributed by atoms with Crippen molar-refractivity contribution < 1.29 is 9.90 Å². The van der Waals surface area contributed by atoms with Gasteiger partial charge in [-0.2, -0.15) is 5.10 Å². The van der Waals surface area contributed by atoms with E-state index in [4.69, 9.17) is 0 Å². The van der Waals surface area contributed by atoms with Crippen LogP contribution in [0.15, 0.2) is 30.6 Å². The highest BCUT2D eigenvalue weighted by atomic mass is 16.4. The molecule has 1 saturated heterocycles. The highest BCUT2D eigenvalue weighted by molar-refractivity contribution is 5.73. The first kappa shape index (κ1) is 15.7. The number of hydrogen-bond donors (Lipinski definition) is 2. The van der Waals surface area contributed by atoms with Gasteiger partial charge in [0.15, 0.2) is 0 Å². The quantitative estimate of drug-likeness (QED) is 0.891. The third kappa shape index (κ3) is 3.43. The first-order valence-electron chi connectivity index (χ1n) is 7.83.